The van der Waals surface area contributed by atoms with Crippen LogP contribution in [0.15, 0.2) is 36.5 Å². The highest BCUT2D eigenvalue weighted by Gasteiger charge is 2.34. The van der Waals surface area contributed by atoms with Crippen LogP contribution in [0.4, 0.5) is 4.39 Å². The van der Waals surface area contributed by atoms with Gasteiger partial charge in [-0.15, -0.1) is 0 Å². The minimum absolute atomic E-state index is 0.0449. The van der Waals surface area contributed by atoms with E-state index in [1.807, 2.05) is 31.9 Å². The third kappa shape index (κ3) is 7.03. The van der Waals surface area contributed by atoms with Crippen molar-refractivity contribution in [2.24, 2.45) is 11.8 Å². The molecule has 0 unspecified atom stereocenters. The molecule has 1 aliphatic rings. The van der Waals surface area contributed by atoms with Crippen LogP contribution < -0.4 is 4.74 Å². The van der Waals surface area contributed by atoms with Crippen molar-refractivity contribution in [1.82, 2.24) is 14.8 Å². The molecule has 0 saturated carbocycles. The fourth-order valence-electron chi connectivity index (χ4n) is 4.03. The first-order chi connectivity index (χ1) is 16.7. The predicted octanol–water partition coefficient (Wildman–Crippen LogP) is 3.97. The molecule has 0 aliphatic carbocycles. The molecule has 6 nitrogen and oxygen atoms in total. The lowest BCUT2D eigenvalue weighted by Crippen LogP contribution is -2.49. The quantitative estimate of drug-likeness (QED) is 0.607. The number of rotatable bonds is 7. The number of ether oxygens (including phenoxy) is 1. The van der Waals surface area contributed by atoms with Gasteiger partial charge in [-0.1, -0.05) is 50.8 Å². The van der Waals surface area contributed by atoms with Crippen molar-refractivity contribution in [2.75, 3.05) is 26.7 Å². The molecule has 3 atom stereocenters. The molecule has 0 saturated heterocycles. The van der Waals surface area contributed by atoms with Crippen molar-refractivity contribution in [2.45, 2.75) is 52.8 Å². The number of hydrogen-bond acceptors (Lipinski definition) is 5. The van der Waals surface area contributed by atoms with Crippen molar-refractivity contribution in [3.05, 3.63) is 59.0 Å². The molecule has 1 aliphatic heterocycles. The van der Waals surface area contributed by atoms with E-state index in [4.69, 9.17) is 4.74 Å². The van der Waals surface area contributed by atoms with E-state index in [9.17, 15) is 14.3 Å². The molecule has 2 heterocycles. The van der Waals surface area contributed by atoms with Gasteiger partial charge in [0.15, 0.2) is 0 Å². The van der Waals surface area contributed by atoms with Crippen molar-refractivity contribution in [1.29, 1.82) is 0 Å². The Bertz CT molecular complexity index is 1080. The van der Waals surface area contributed by atoms with Gasteiger partial charge in [-0.3, -0.25) is 9.69 Å². The van der Waals surface area contributed by atoms with Crippen LogP contribution in [0.2, 0.25) is 0 Å². The number of carbonyl (C=O) groups is 1. The Hall–Kier alpha value is -2.95. The van der Waals surface area contributed by atoms with E-state index >= 15 is 0 Å². The summed E-state index contributed by atoms with van der Waals surface area (Å²) in [5.74, 6) is 6.43. The lowest BCUT2D eigenvalue weighted by molar-refractivity contribution is 0.0324. The van der Waals surface area contributed by atoms with Gasteiger partial charge in [0.05, 0.1) is 12.6 Å². The topological polar surface area (TPSA) is 65.9 Å². The van der Waals surface area contributed by atoms with E-state index in [0.717, 1.165) is 6.42 Å². The van der Waals surface area contributed by atoms with Crippen LogP contribution in [-0.2, 0) is 6.54 Å². The van der Waals surface area contributed by atoms with Gasteiger partial charge in [0.2, 0.25) is 5.88 Å². The summed E-state index contributed by atoms with van der Waals surface area (Å²) < 4.78 is 20.5. The molecule has 1 N–H and O–H groups in total. The summed E-state index contributed by atoms with van der Waals surface area (Å²) in [5.41, 5.74) is 1.61. The zero-order valence-corrected chi connectivity index (χ0v) is 21.3. The Morgan fingerprint density at radius 3 is 2.74 bits per heavy atom. The molecule has 0 spiro atoms. The van der Waals surface area contributed by atoms with E-state index in [0.29, 0.717) is 42.2 Å². The number of amides is 1. The zero-order chi connectivity index (χ0) is 25.5. The van der Waals surface area contributed by atoms with Gasteiger partial charge in [-0.25, -0.2) is 9.37 Å². The fourth-order valence-corrected chi connectivity index (χ4v) is 4.03. The molecule has 0 bridgehead atoms. The van der Waals surface area contributed by atoms with Crippen LogP contribution in [0.5, 0.6) is 5.88 Å². The lowest BCUT2D eigenvalue weighted by Gasteiger charge is -2.37. The van der Waals surface area contributed by atoms with Crippen LogP contribution in [-0.4, -0.2) is 64.7 Å². The second kappa shape index (κ2) is 12.1. The minimum atomic E-state index is -0.358. The monoisotopic (exact) mass is 481 g/mol. The highest BCUT2D eigenvalue weighted by Crippen LogP contribution is 2.27. The number of halogens is 1. The molecule has 7 heteroatoms. The number of pyridine rings is 1. The maximum absolute atomic E-state index is 14.2. The average molecular weight is 482 g/mol. The summed E-state index contributed by atoms with van der Waals surface area (Å²) in [6.07, 6.45) is 2.09. The SMILES string of the molecule is CC(C)CC#Cc1cnc2c(c1)C(=O)N([C@H](C)CO)C[C@H](C)[C@@H](CN(C)Cc1ccccc1F)O2. The van der Waals surface area contributed by atoms with E-state index in [2.05, 4.69) is 30.7 Å². The van der Waals surface area contributed by atoms with Crippen LogP contribution >= 0.6 is 0 Å². The molecule has 3 rings (SSSR count). The molecule has 2 aromatic rings. The number of hydrogen-bond donors (Lipinski definition) is 1. The summed E-state index contributed by atoms with van der Waals surface area (Å²) in [6.45, 7) is 9.26. The predicted molar refractivity (Wildman–Crippen MR) is 134 cm³/mol. The minimum Gasteiger partial charge on any atom is -0.472 e. The molecule has 0 fully saturated rings. The number of likely N-dealkylation sites (N-methyl/N-ethyl adjacent to an activating group) is 1. The van der Waals surface area contributed by atoms with E-state index in [-0.39, 0.29) is 42.3 Å². The third-order valence-electron chi connectivity index (χ3n) is 6.15. The largest absolute Gasteiger partial charge is 0.472 e. The van der Waals surface area contributed by atoms with E-state index in [1.165, 1.54) is 6.07 Å². The molecule has 1 aromatic heterocycles. The molecule has 35 heavy (non-hydrogen) atoms. The highest BCUT2D eigenvalue weighted by molar-refractivity contribution is 5.97. The Morgan fingerprint density at radius 2 is 2.06 bits per heavy atom. The first-order valence-electron chi connectivity index (χ1n) is 12.2. The second-order valence-electron chi connectivity index (χ2n) is 9.89. The molecule has 1 aromatic carbocycles. The third-order valence-corrected chi connectivity index (χ3v) is 6.15. The van der Waals surface area contributed by atoms with Gasteiger partial charge < -0.3 is 14.7 Å². The van der Waals surface area contributed by atoms with Crippen molar-refractivity contribution in [3.8, 4) is 17.7 Å². The van der Waals surface area contributed by atoms with Crippen LogP contribution in [0, 0.1) is 29.5 Å². The summed E-state index contributed by atoms with van der Waals surface area (Å²) in [5, 5.41) is 9.82. The Kier molecular flexibility index (Phi) is 9.25. The van der Waals surface area contributed by atoms with Gasteiger partial charge in [0.1, 0.15) is 17.5 Å². The smallest absolute Gasteiger partial charge is 0.259 e. The Labute approximate surface area is 208 Å². The standard InChI is InChI=1S/C28H36FN3O3/c1-19(2)9-8-10-22-13-24-27(30-14-22)35-26(20(3)15-32(28(24)34)21(4)18-33)17-31(5)16-23-11-6-7-12-25(23)29/h6-7,11-14,19-21,26,33H,9,15-18H2,1-5H3/t20-,21+,26+/m0/s1. The molecular weight excluding hydrogens is 445 g/mol. The average Bonchev–Trinajstić information content (AvgIpc) is 2.82. The number of nitrogens with zero attached hydrogens (tertiary/aromatic N) is 3. The van der Waals surface area contributed by atoms with Crippen LogP contribution in [0.25, 0.3) is 0 Å². The first kappa shape index (κ1) is 26.7. The van der Waals surface area contributed by atoms with Crippen LogP contribution in [0.3, 0.4) is 0 Å². The maximum Gasteiger partial charge on any atom is 0.259 e. The highest BCUT2D eigenvalue weighted by atomic mass is 19.1. The number of fused-ring (bicyclic) bond motifs is 1. The zero-order valence-electron chi connectivity index (χ0n) is 21.3. The van der Waals surface area contributed by atoms with Gasteiger partial charge in [0, 0.05) is 49.3 Å². The van der Waals surface area contributed by atoms with Crippen molar-refractivity contribution < 1.29 is 19.0 Å². The number of aliphatic hydroxyl groups is 1. The summed E-state index contributed by atoms with van der Waals surface area (Å²) in [7, 11) is 1.92. The Balaban J connectivity index is 1.90. The van der Waals surface area contributed by atoms with Gasteiger partial charge >= 0.3 is 0 Å². The van der Waals surface area contributed by atoms with E-state index < -0.39 is 0 Å². The fraction of sp³-hybridized carbons (Fsp3) is 0.500. The molecule has 0 radical (unpaired) electrons. The van der Waals surface area contributed by atoms with Crippen LogP contribution in [0.1, 0.15) is 55.6 Å². The maximum atomic E-state index is 14.2. The van der Waals surface area contributed by atoms with Gasteiger partial charge in [-0.2, -0.15) is 0 Å². The molecular formula is C28H36FN3O3. The summed E-state index contributed by atoms with van der Waals surface area (Å²) in [4.78, 5) is 21.6. The lowest BCUT2D eigenvalue weighted by atomic mass is 9.99. The number of carbonyl (C=O) groups excluding carboxylic acids is 1. The second-order valence-corrected chi connectivity index (χ2v) is 9.89. The number of aliphatic hydroxyl groups excluding tert-OH is 1. The summed E-state index contributed by atoms with van der Waals surface area (Å²) >= 11 is 0. The molecule has 1 amide bonds. The Morgan fingerprint density at radius 1 is 1.31 bits per heavy atom. The summed E-state index contributed by atoms with van der Waals surface area (Å²) in [6, 6.07) is 8.10. The first-order valence-corrected chi connectivity index (χ1v) is 12.2. The van der Waals surface area contributed by atoms with E-state index in [1.54, 1.807) is 29.3 Å². The van der Waals surface area contributed by atoms with Gasteiger partial charge in [0.25, 0.3) is 5.91 Å². The molecule has 188 valence electrons. The van der Waals surface area contributed by atoms with Crippen molar-refractivity contribution in [3.63, 3.8) is 0 Å². The number of benzene rings is 1. The van der Waals surface area contributed by atoms with Gasteiger partial charge in [-0.05, 0) is 32.0 Å². The van der Waals surface area contributed by atoms with Crippen molar-refractivity contribution >= 4 is 5.91 Å². The normalized spacial score (nSPS) is 18.9. The number of aromatic nitrogens is 1.